The van der Waals surface area contributed by atoms with Crippen molar-refractivity contribution in [3.05, 3.63) is 59.4 Å². The highest BCUT2D eigenvalue weighted by Gasteiger charge is 2.22. The first-order valence-corrected chi connectivity index (χ1v) is 8.37. The third-order valence-electron chi connectivity index (χ3n) is 4.54. The van der Waals surface area contributed by atoms with E-state index in [1.807, 2.05) is 12.1 Å². The first-order valence-electron chi connectivity index (χ1n) is 8.37. The molecule has 124 valence electrons. The standard InChI is InChI=1S/C19H22N4O/c20-11-17-10-18(21-13-17)19(24)22-12-16-7-9-23(14-16)8-6-15-4-2-1-3-5-15/h1-5,10,13,16,21H,6-9,12,14H2,(H,22,24)/t16-/m0/s1. The van der Waals surface area contributed by atoms with Crippen LogP contribution in [0.25, 0.3) is 0 Å². The van der Waals surface area contributed by atoms with Crippen LogP contribution in [0.4, 0.5) is 0 Å². The van der Waals surface area contributed by atoms with Crippen molar-refractivity contribution in [1.29, 1.82) is 5.26 Å². The van der Waals surface area contributed by atoms with E-state index in [2.05, 4.69) is 39.5 Å². The molecule has 1 aliphatic rings. The predicted octanol–water partition coefficient (Wildman–Crippen LogP) is 2.18. The molecule has 0 bridgehead atoms. The van der Waals surface area contributed by atoms with Crippen LogP contribution in [0.3, 0.4) is 0 Å². The average Bonchev–Trinajstić information content (AvgIpc) is 3.28. The van der Waals surface area contributed by atoms with E-state index >= 15 is 0 Å². The zero-order valence-electron chi connectivity index (χ0n) is 13.7. The molecule has 1 amide bonds. The summed E-state index contributed by atoms with van der Waals surface area (Å²) in [6.45, 7) is 3.87. The molecule has 2 N–H and O–H groups in total. The fourth-order valence-electron chi connectivity index (χ4n) is 3.14. The lowest BCUT2D eigenvalue weighted by molar-refractivity contribution is 0.0943. The van der Waals surface area contributed by atoms with Gasteiger partial charge in [-0.3, -0.25) is 4.79 Å². The van der Waals surface area contributed by atoms with E-state index in [-0.39, 0.29) is 5.91 Å². The van der Waals surface area contributed by atoms with Crippen molar-refractivity contribution in [2.24, 2.45) is 5.92 Å². The summed E-state index contributed by atoms with van der Waals surface area (Å²) in [5.74, 6) is 0.356. The number of rotatable bonds is 6. The van der Waals surface area contributed by atoms with E-state index in [1.165, 1.54) is 5.56 Å². The van der Waals surface area contributed by atoms with Gasteiger partial charge in [0.2, 0.25) is 0 Å². The summed E-state index contributed by atoms with van der Waals surface area (Å²) < 4.78 is 0. The molecule has 1 aromatic carbocycles. The number of hydrogen-bond donors (Lipinski definition) is 2. The summed E-state index contributed by atoms with van der Waals surface area (Å²) in [6, 6.07) is 14.1. The molecule has 1 aromatic heterocycles. The van der Waals surface area contributed by atoms with Gasteiger partial charge in [0.1, 0.15) is 11.8 Å². The minimum atomic E-state index is -0.140. The van der Waals surface area contributed by atoms with Gasteiger partial charge >= 0.3 is 0 Å². The Morgan fingerprint density at radius 2 is 2.21 bits per heavy atom. The number of benzene rings is 1. The zero-order chi connectivity index (χ0) is 16.8. The summed E-state index contributed by atoms with van der Waals surface area (Å²) in [4.78, 5) is 17.4. The quantitative estimate of drug-likeness (QED) is 0.856. The molecule has 0 radical (unpaired) electrons. The molecule has 5 heteroatoms. The minimum Gasteiger partial charge on any atom is -0.356 e. The van der Waals surface area contributed by atoms with E-state index in [9.17, 15) is 4.79 Å². The van der Waals surface area contributed by atoms with Gasteiger partial charge in [-0.15, -0.1) is 0 Å². The molecule has 1 aliphatic heterocycles. The number of aromatic amines is 1. The van der Waals surface area contributed by atoms with Gasteiger partial charge in [0, 0.05) is 25.8 Å². The van der Waals surface area contributed by atoms with Crippen LogP contribution < -0.4 is 5.32 Å². The van der Waals surface area contributed by atoms with Crippen molar-refractivity contribution < 1.29 is 4.79 Å². The normalized spacial score (nSPS) is 17.5. The number of nitrogens with zero attached hydrogens (tertiary/aromatic N) is 2. The Hall–Kier alpha value is -2.58. The summed E-state index contributed by atoms with van der Waals surface area (Å²) in [6.07, 6.45) is 3.73. The van der Waals surface area contributed by atoms with Crippen LogP contribution in [-0.4, -0.2) is 42.0 Å². The fourth-order valence-corrected chi connectivity index (χ4v) is 3.14. The Morgan fingerprint density at radius 1 is 1.38 bits per heavy atom. The summed E-state index contributed by atoms with van der Waals surface area (Å²) in [7, 11) is 0. The molecule has 0 unspecified atom stereocenters. The molecular formula is C19H22N4O. The number of aromatic nitrogens is 1. The molecule has 0 saturated carbocycles. The molecule has 2 aromatic rings. The average molecular weight is 322 g/mol. The SMILES string of the molecule is N#Cc1c[nH]c(C(=O)NC[C@@H]2CCN(CCc3ccccc3)C2)c1. The van der Waals surface area contributed by atoms with Crippen LogP contribution in [0.15, 0.2) is 42.6 Å². The van der Waals surface area contributed by atoms with Crippen LogP contribution in [0.5, 0.6) is 0 Å². The number of likely N-dealkylation sites (tertiary alicyclic amines) is 1. The van der Waals surface area contributed by atoms with Gasteiger partial charge in [-0.2, -0.15) is 5.26 Å². The maximum atomic E-state index is 12.1. The smallest absolute Gasteiger partial charge is 0.267 e. The second kappa shape index (κ2) is 7.80. The number of nitrogens with one attached hydrogen (secondary N) is 2. The second-order valence-corrected chi connectivity index (χ2v) is 6.31. The minimum absolute atomic E-state index is 0.140. The van der Waals surface area contributed by atoms with E-state index in [0.717, 1.165) is 32.5 Å². The lowest BCUT2D eigenvalue weighted by Crippen LogP contribution is -2.31. The molecule has 1 fully saturated rings. The van der Waals surface area contributed by atoms with E-state index < -0.39 is 0 Å². The van der Waals surface area contributed by atoms with Gasteiger partial charge in [-0.1, -0.05) is 30.3 Å². The second-order valence-electron chi connectivity index (χ2n) is 6.31. The van der Waals surface area contributed by atoms with Crippen LogP contribution in [0.2, 0.25) is 0 Å². The van der Waals surface area contributed by atoms with Gasteiger partial charge in [-0.05, 0) is 36.9 Å². The Balaban J connectivity index is 1.40. The summed E-state index contributed by atoms with van der Waals surface area (Å²) >= 11 is 0. The number of carbonyl (C=O) groups is 1. The van der Waals surface area contributed by atoms with Crippen LogP contribution in [0.1, 0.15) is 28.0 Å². The van der Waals surface area contributed by atoms with Crippen molar-refractivity contribution in [2.75, 3.05) is 26.2 Å². The molecule has 2 heterocycles. The monoisotopic (exact) mass is 322 g/mol. The largest absolute Gasteiger partial charge is 0.356 e. The number of amides is 1. The summed E-state index contributed by atoms with van der Waals surface area (Å²) in [5, 5.41) is 11.8. The molecule has 0 aliphatic carbocycles. The lowest BCUT2D eigenvalue weighted by Gasteiger charge is -2.16. The van der Waals surface area contributed by atoms with Crippen molar-refractivity contribution in [3.63, 3.8) is 0 Å². The molecule has 0 spiro atoms. The molecule has 5 nitrogen and oxygen atoms in total. The van der Waals surface area contributed by atoms with Crippen molar-refractivity contribution >= 4 is 5.91 Å². The van der Waals surface area contributed by atoms with Crippen LogP contribution >= 0.6 is 0 Å². The van der Waals surface area contributed by atoms with Gasteiger partial charge < -0.3 is 15.2 Å². The molecular weight excluding hydrogens is 300 g/mol. The number of H-pyrrole nitrogens is 1. The van der Waals surface area contributed by atoms with E-state index in [4.69, 9.17) is 5.26 Å². The maximum absolute atomic E-state index is 12.1. The maximum Gasteiger partial charge on any atom is 0.267 e. The molecule has 24 heavy (non-hydrogen) atoms. The van der Waals surface area contributed by atoms with Gasteiger partial charge in [0.05, 0.1) is 5.56 Å². The highest BCUT2D eigenvalue weighted by atomic mass is 16.1. The first-order chi connectivity index (χ1) is 11.7. The topological polar surface area (TPSA) is 71.9 Å². The highest BCUT2D eigenvalue weighted by Crippen LogP contribution is 2.16. The van der Waals surface area contributed by atoms with Gasteiger partial charge in [0.15, 0.2) is 0 Å². The van der Waals surface area contributed by atoms with Crippen molar-refractivity contribution in [1.82, 2.24) is 15.2 Å². The zero-order valence-corrected chi connectivity index (χ0v) is 13.7. The Labute approximate surface area is 142 Å². The third kappa shape index (κ3) is 4.24. The van der Waals surface area contributed by atoms with E-state index in [0.29, 0.717) is 23.7 Å². The number of nitriles is 1. The first kappa shape index (κ1) is 16.3. The highest BCUT2D eigenvalue weighted by molar-refractivity contribution is 5.92. The number of carbonyl (C=O) groups excluding carboxylic acids is 1. The molecule has 1 saturated heterocycles. The molecule has 3 rings (SSSR count). The Morgan fingerprint density at radius 3 is 2.96 bits per heavy atom. The van der Waals surface area contributed by atoms with Gasteiger partial charge in [-0.25, -0.2) is 0 Å². The lowest BCUT2D eigenvalue weighted by atomic mass is 10.1. The third-order valence-corrected chi connectivity index (χ3v) is 4.54. The fraction of sp³-hybridized carbons (Fsp3) is 0.368. The predicted molar refractivity (Wildman–Crippen MR) is 92.5 cm³/mol. The summed E-state index contributed by atoms with van der Waals surface area (Å²) in [5.41, 5.74) is 2.30. The van der Waals surface area contributed by atoms with E-state index in [1.54, 1.807) is 12.3 Å². The van der Waals surface area contributed by atoms with Gasteiger partial charge in [0.25, 0.3) is 5.91 Å². The Bertz CT molecular complexity index is 716. The number of hydrogen-bond acceptors (Lipinski definition) is 3. The van der Waals surface area contributed by atoms with Crippen LogP contribution in [0, 0.1) is 17.2 Å². The molecule has 1 atom stereocenters. The Kier molecular flexibility index (Phi) is 5.29. The van der Waals surface area contributed by atoms with Crippen LogP contribution in [-0.2, 0) is 6.42 Å². The van der Waals surface area contributed by atoms with Crippen molar-refractivity contribution in [2.45, 2.75) is 12.8 Å². The van der Waals surface area contributed by atoms with Crippen molar-refractivity contribution in [3.8, 4) is 6.07 Å².